The van der Waals surface area contributed by atoms with Crippen LogP contribution in [0.25, 0.3) is 0 Å². The van der Waals surface area contributed by atoms with Crippen molar-refractivity contribution in [2.45, 2.75) is 19.1 Å². The van der Waals surface area contributed by atoms with Crippen molar-refractivity contribution in [3.05, 3.63) is 24.3 Å². The summed E-state index contributed by atoms with van der Waals surface area (Å²) >= 11 is 0. The van der Waals surface area contributed by atoms with Gasteiger partial charge in [0.1, 0.15) is 6.04 Å². The molecule has 3 amide bonds. The number of benzene rings is 1. The molecule has 1 aromatic carbocycles. The molecule has 1 fully saturated rings. The number of rotatable bonds is 3. The van der Waals surface area contributed by atoms with Crippen LogP contribution in [0.15, 0.2) is 24.3 Å². The highest BCUT2D eigenvalue weighted by Crippen LogP contribution is 2.16. The number of anilines is 2. The molecule has 0 unspecified atom stereocenters. The summed E-state index contributed by atoms with van der Waals surface area (Å²) in [5, 5.41) is 8.35. The average molecular weight is 278 g/mol. The van der Waals surface area contributed by atoms with Crippen LogP contribution in [0.1, 0.15) is 6.92 Å². The molecular weight excluding hydrogens is 260 g/mol. The van der Waals surface area contributed by atoms with Gasteiger partial charge in [0.25, 0.3) is 0 Å². The van der Waals surface area contributed by atoms with Crippen LogP contribution in [0.2, 0.25) is 0 Å². The average Bonchev–Trinajstić information content (AvgIpc) is 2.38. The van der Waals surface area contributed by atoms with Gasteiger partial charge < -0.3 is 26.4 Å². The van der Waals surface area contributed by atoms with Crippen molar-refractivity contribution in [3.8, 4) is 0 Å². The topological polar surface area (TPSA) is 105 Å². The van der Waals surface area contributed by atoms with Gasteiger partial charge in [-0.3, -0.25) is 4.79 Å². The van der Waals surface area contributed by atoms with Gasteiger partial charge in [0.15, 0.2) is 0 Å². The van der Waals surface area contributed by atoms with Crippen molar-refractivity contribution in [1.29, 1.82) is 0 Å². The Morgan fingerprint density at radius 3 is 2.70 bits per heavy atom. The van der Waals surface area contributed by atoms with E-state index < -0.39 is 12.1 Å². The maximum atomic E-state index is 12.1. The molecule has 5 N–H and O–H groups in total. The van der Waals surface area contributed by atoms with Crippen LogP contribution in [-0.4, -0.2) is 37.2 Å². The maximum Gasteiger partial charge on any atom is 0.316 e. The quantitative estimate of drug-likeness (QED) is 0.645. The summed E-state index contributed by atoms with van der Waals surface area (Å²) < 4.78 is 5.43. The van der Waals surface area contributed by atoms with Gasteiger partial charge in [-0.05, 0) is 25.1 Å². The third-order valence-corrected chi connectivity index (χ3v) is 3.00. The van der Waals surface area contributed by atoms with Crippen LogP contribution in [-0.2, 0) is 9.53 Å². The summed E-state index contributed by atoms with van der Waals surface area (Å²) in [6.07, 6.45) is -0.185. The van der Waals surface area contributed by atoms with E-state index in [9.17, 15) is 9.59 Å². The number of hydrogen-bond donors (Lipinski definition) is 4. The number of carbonyl (C=O) groups excluding carboxylic acids is 2. The lowest BCUT2D eigenvalue weighted by molar-refractivity contribution is -0.123. The Balaban J connectivity index is 2.01. The Morgan fingerprint density at radius 2 is 2.05 bits per heavy atom. The van der Waals surface area contributed by atoms with Gasteiger partial charge in [-0.25, -0.2) is 4.79 Å². The van der Waals surface area contributed by atoms with Gasteiger partial charge in [0.05, 0.1) is 12.7 Å². The fourth-order valence-corrected chi connectivity index (χ4v) is 2.06. The van der Waals surface area contributed by atoms with Gasteiger partial charge in [0.2, 0.25) is 5.91 Å². The number of nitrogens with two attached hydrogens (primary N) is 1. The fourth-order valence-electron chi connectivity index (χ4n) is 2.06. The summed E-state index contributed by atoms with van der Waals surface area (Å²) in [5.41, 5.74) is 6.16. The predicted octanol–water partition coefficient (Wildman–Crippen LogP) is 0.493. The van der Waals surface area contributed by atoms with E-state index in [1.165, 1.54) is 0 Å². The number of ether oxygens (including phenoxy) is 1. The second-order valence-electron chi connectivity index (χ2n) is 4.57. The summed E-state index contributed by atoms with van der Waals surface area (Å²) in [5.74, 6) is -0.173. The number of primary amides is 1. The molecule has 1 aliphatic heterocycles. The van der Waals surface area contributed by atoms with Crippen molar-refractivity contribution in [3.63, 3.8) is 0 Å². The number of nitrogens with one attached hydrogen (secondary N) is 3. The molecule has 20 heavy (non-hydrogen) atoms. The molecule has 0 aliphatic carbocycles. The number of amides is 3. The van der Waals surface area contributed by atoms with Crippen molar-refractivity contribution >= 4 is 23.3 Å². The van der Waals surface area contributed by atoms with Gasteiger partial charge in [0, 0.05) is 17.9 Å². The molecule has 1 aliphatic rings. The Bertz CT molecular complexity index is 506. The molecule has 7 nitrogen and oxygen atoms in total. The Kier molecular flexibility index (Phi) is 4.54. The zero-order chi connectivity index (χ0) is 14.5. The highest BCUT2D eigenvalue weighted by molar-refractivity contribution is 5.96. The van der Waals surface area contributed by atoms with E-state index in [2.05, 4.69) is 16.0 Å². The molecule has 1 heterocycles. The third-order valence-electron chi connectivity index (χ3n) is 3.00. The number of morpholine rings is 1. The normalized spacial score (nSPS) is 22.1. The van der Waals surface area contributed by atoms with E-state index >= 15 is 0 Å². The molecule has 2 rings (SSSR count). The molecule has 1 saturated heterocycles. The van der Waals surface area contributed by atoms with E-state index in [1.807, 2.05) is 6.92 Å². The van der Waals surface area contributed by atoms with Gasteiger partial charge in [-0.1, -0.05) is 6.07 Å². The van der Waals surface area contributed by atoms with E-state index in [0.717, 1.165) is 0 Å². The summed E-state index contributed by atoms with van der Waals surface area (Å²) in [6.45, 7) is 3.09. The minimum absolute atomic E-state index is 0.173. The molecular formula is C13H18N4O3. The molecule has 0 radical (unpaired) electrons. The van der Waals surface area contributed by atoms with Crippen molar-refractivity contribution < 1.29 is 14.3 Å². The van der Waals surface area contributed by atoms with Crippen LogP contribution in [0.4, 0.5) is 16.2 Å². The summed E-state index contributed by atoms with van der Waals surface area (Å²) in [4.78, 5) is 22.9. The van der Waals surface area contributed by atoms with Gasteiger partial charge in [-0.2, -0.15) is 0 Å². The van der Waals surface area contributed by atoms with Crippen LogP contribution in [0, 0.1) is 0 Å². The lowest BCUT2D eigenvalue weighted by Crippen LogP contribution is -2.53. The van der Waals surface area contributed by atoms with Crippen molar-refractivity contribution in [2.75, 3.05) is 23.8 Å². The highest BCUT2D eigenvalue weighted by atomic mass is 16.5. The summed E-state index contributed by atoms with van der Waals surface area (Å²) in [6, 6.07) is 5.73. The first-order valence-electron chi connectivity index (χ1n) is 6.38. The zero-order valence-corrected chi connectivity index (χ0v) is 11.2. The van der Waals surface area contributed by atoms with Crippen LogP contribution >= 0.6 is 0 Å². The van der Waals surface area contributed by atoms with Crippen LogP contribution < -0.4 is 21.7 Å². The zero-order valence-electron chi connectivity index (χ0n) is 11.2. The number of carbonyl (C=O) groups is 2. The Hall–Kier alpha value is -2.12. The minimum atomic E-state index is -0.649. The molecule has 7 heteroatoms. The van der Waals surface area contributed by atoms with E-state index in [1.54, 1.807) is 24.3 Å². The maximum absolute atomic E-state index is 12.1. The SMILES string of the molecule is C[C@H]1OCCN[C@@H]1C(=O)Nc1cccc(NC(N)=O)c1. The van der Waals surface area contributed by atoms with Crippen LogP contribution in [0.3, 0.4) is 0 Å². The standard InChI is InChI=1S/C13H18N4O3/c1-8-11(15-5-6-20-8)12(18)16-9-3-2-4-10(7-9)17-13(14)19/h2-4,7-8,11,15H,5-6H2,1H3,(H,16,18)(H3,14,17,19)/t8-,11+/m1/s1. The Labute approximate surface area is 116 Å². The van der Waals surface area contributed by atoms with Crippen LogP contribution in [0.5, 0.6) is 0 Å². The summed E-state index contributed by atoms with van der Waals surface area (Å²) in [7, 11) is 0. The molecule has 2 atom stereocenters. The minimum Gasteiger partial charge on any atom is -0.375 e. The first kappa shape index (κ1) is 14.3. The second-order valence-corrected chi connectivity index (χ2v) is 4.57. The second kappa shape index (κ2) is 6.36. The van der Waals surface area contributed by atoms with E-state index in [-0.39, 0.29) is 12.0 Å². The number of hydrogen-bond acceptors (Lipinski definition) is 4. The number of urea groups is 1. The van der Waals surface area contributed by atoms with Gasteiger partial charge in [-0.15, -0.1) is 0 Å². The smallest absolute Gasteiger partial charge is 0.316 e. The fraction of sp³-hybridized carbons (Fsp3) is 0.385. The van der Waals surface area contributed by atoms with Crippen molar-refractivity contribution in [2.24, 2.45) is 5.73 Å². The monoisotopic (exact) mass is 278 g/mol. The third kappa shape index (κ3) is 3.69. The molecule has 0 spiro atoms. The first-order valence-corrected chi connectivity index (χ1v) is 6.38. The Morgan fingerprint density at radius 1 is 1.35 bits per heavy atom. The molecule has 1 aromatic rings. The molecule has 108 valence electrons. The lowest BCUT2D eigenvalue weighted by Gasteiger charge is -2.29. The van der Waals surface area contributed by atoms with E-state index in [0.29, 0.717) is 24.5 Å². The predicted molar refractivity (Wildman–Crippen MR) is 75.5 cm³/mol. The molecule has 0 saturated carbocycles. The van der Waals surface area contributed by atoms with E-state index in [4.69, 9.17) is 10.5 Å². The largest absolute Gasteiger partial charge is 0.375 e. The highest BCUT2D eigenvalue weighted by Gasteiger charge is 2.28. The van der Waals surface area contributed by atoms with Crippen molar-refractivity contribution in [1.82, 2.24) is 5.32 Å². The van der Waals surface area contributed by atoms with Gasteiger partial charge >= 0.3 is 6.03 Å². The lowest BCUT2D eigenvalue weighted by atomic mass is 10.1. The molecule has 0 aromatic heterocycles. The molecule has 0 bridgehead atoms. The first-order chi connectivity index (χ1) is 9.56.